The van der Waals surface area contributed by atoms with Gasteiger partial charge in [0.05, 0.1) is 6.04 Å². The number of fused-ring (bicyclic) bond motifs is 3. The number of hydrogen-bond acceptors (Lipinski definition) is 1. The zero-order chi connectivity index (χ0) is 16.9. The highest BCUT2D eigenvalue weighted by molar-refractivity contribution is 6.01. The minimum atomic E-state index is 0.0492. The number of nitrogens with zero attached hydrogens (tertiary/aromatic N) is 1. The first kappa shape index (κ1) is 15.1. The van der Waals surface area contributed by atoms with Crippen LogP contribution in [0.4, 0.5) is 0 Å². The van der Waals surface area contributed by atoms with Gasteiger partial charge in [-0.2, -0.15) is 0 Å². The summed E-state index contributed by atoms with van der Waals surface area (Å²) in [6.45, 7) is 8.81. The Morgan fingerprint density at radius 2 is 1.75 bits per heavy atom. The number of aliphatic imine (C=N–C) groups is 1. The third-order valence-electron chi connectivity index (χ3n) is 5.47. The Bertz CT molecular complexity index is 909. The van der Waals surface area contributed by atoms with E-state index in [0.717, 1.165) is 5.71 Å². The fraction of sp³-hybridized carbons (Fsp3) is 0.261. The molecule has 1 heterocycles. The minimum Gasteiger partial charge on any atom is -0.277 e. The molecule has 2 aliphatic rings. The molecule has 1 heteroatoms. The van der Waals surface area contributed by atoms with Crippen molar-refractivity contribution in [1.29, 1.82) is 0 Å². The van der Waals surface area contributed by atoms with Crippen molar-refractivity contribution in [2.75, 3.05) is 0 Å². The van der Waals surface area contributed by atoms with Gasteiger partial charge in [0.15, 0.2) is 0 Å². The quantitative estimate of drug-likeness (QED) is 0.611. The molecule has 2 aromatic rings. The van der Waals surface area contributed by atoms with E-state index in [1.54, 1.807) is 0 Å². The highest BCUT2D eigenvalue weighted by Gasteiger charge is 2.35. The van der Waals surface area contributed by atoms with Crippen molar-refractivity contribution < 1.29 is 0 Å². The molecule has 0 saturated carbocycles. The lowest BCUT2D eigenvalue weighted by molar-refractivity contribution is 0.658. The summed E-state index contributed by atoms with van der Waals surface area (Å²) in [4.78, 5) is 4.89. The average molecular weight is 313 g/mol. The lowest BCUT2D eigenvalue weighted by atomic mass is 9.81. The molecule has 120 valence electrons. The van der Waals surface area contributed by atoms with Gasteiger partial charge in [-0.15, -0.1) is 0 Å². The molecule has 1 nitrogen and oxygen atoms in total. The van der Waals surface area contributed by atoms with E-state index in [1.807, 2.05) is 0 Å². The van der Waals surface area contributed by atoms with Crippen LogP contribution in [-0.4, -0.2) is 5.71 Å². The molecule has 1 aliphatic carbocycles. The van der Waals surface area contributed by atoms with E-state index in [4.69, 9.17) is 4.99 Å². The number of hydrogen-bond donors (Lipinski definition) is 0. The predicted octanol–water partition coefficient (Wildman–Crippen LogP) is 6.01. The lowest BCUT2D eigenvalue weighted by Gasteiger charge is -2.23. The van der Waals surface area contributed by atoms with Crippen LogP contribution in [0.25, 0.3) is 11.1 Å². The Morgan fingerprint density at radius 3 is 2.50 bits per heavy atom. The summed E-state index contributed by atoms with van der Waals surface area (Å²) in [5, 5.41) is 0. The standard InChI is InChI=1S/C23H23N/c1-5-16-11-13-22(24-15(16)2)17-10-12-19-18-8-6-7-9-20(18)23(3,4)21(19)14-17/h5-14,22H,1-4H3/b16-5-. The van der Waals surface area contributed by atoms with Gasteiger partial charge in [0, 0.05) is 11.1 Å². The van der Waals surface area contributed by atoms with E-state index in [0.29, 0.717) is 0 Å². The van der Waals surface area contributed by atoms with Gasteiger partial charge in [0.1, 0.15) is 0 Å². The van der Waals surface area contributed by atoms with E-state index in [-0.39, 0.29) is 11.5 Å². The van der Waals surface area contributed by atoms with Crippen LogP contribution < -0.4 is 0 Å². The zero-order valence-electron chi connectivity index (χ0n) is 14.8. The Labute approximate surface area is 144 Å². The first-order valence-corrected chi connectivity index (χ1v) is 8.66. The highest BCUT2D eigenvalue weighted by Crippen LogP contribution is 2.49. The molecular weight excluding hydrogens is 290 g/mol. The number of rotatable bonds is 1. The molecule has 1 aliphatic heterocycles. The van der Waals surface area contributed by atoms with Crippen molar-refractivity contribution in [1.82, 2.24) is 0 Å². The van der Waals surface area contributed by atoms with Gasteiger partial charge in [0.25, 0.3) is 0 Å². The van der Waals surface area contributed by atoms with E-state index in [1.165, 1.54) is 33.4 Å². The summed E-state index contributed by atoms with van der Waals surface area (Å²) < 4.78 is 0. The maximum Gasteiger partial charge on any atom is 0.0937 e. The third kappa shape index (κ3) is 2.11. The van der Waals surface area contributed by atoms with Gasteiger partial charge in [-0.05, 0) is 47.2 Å². The van der Waals surface area contributed by atoms with Crippen LogP contribution in [0.5, 0.6) is 0 Å². The molecular formula is C23H23N. The average Bonchev–Trinajstić information content (AvgIpc) is 2.83. The van der Waals surface area contributed by atoms with Crippen LogP contribution in [0.2, 0.25) is 0 Å². The Balaban J connectivity index is 1.81. The van der Waals surface area contributed by atoms with Gasteiger partial charge in [0.2, 0.25) is 0 Å². The first-order valence-electron chi connectivity index (χ1n) is 8.66. The van der Waals surface area contributed by atoms with E-state index >= 15 is 0 Å². The van der Waals surface area contributed by atoms with Gasteiger partial charge in [-0.25, -0.2) is 0 Å². The summed E-state index contributed by atoms with van der Waals surface area (Å²) in [6.07, 6.45) is 6.52. The fourth-order valence-electron chi connectivity index (χ4n) is 4.04. The second kappa shape index (κ2) is 5.31. The van der Waals surface area contributed by atoms with E-state index in [2.05, 4.69) is 88.4 Å². The van der Waals surface area contributed by atoms with E-state index < -0.39 is 0 Å². The van der Waals surface area contributed by atoms with Gasteiger partial charge in [-0.3, -0.25) is 4.99 Å². The second-order valence-corrected chi connectivity index (χ2v) is 7.24. The molecule has 24 heavy (non-hydrogen) atoms. The maximum atomic E-state index is 4.89. The smallest absolute Gasteiger partial charge is 0.0937 e. The van der Waals surface area contributed by atoms with Gasteiger partial charge >= 0.3 is 0 Å². The van der Waals surface area contributed by atoms with Crippen molar-refractivity contribution in [3.63, 3.8) is 0 Å². The monoisotopic (exact) mass is 313 g/mol. The SMILES string of the molecule is C/C=C1/C=CC(c2ccc3c(c2)C(C)(C)c2ccccc2-3)N=C1C. The van der Waals surface area contributed by atoms with Crippen molar-refractivity contribution in [2.45, 2.75) is 39.2 Å². The Kier molecular flexibility index (Phi) is 3.35. The van der Waals surface area contributed by atoms with E-state index in [9.17, 15) is 0 Å². The normalized spacial score (nSPS) is 22.2. The summed E-state index contributed by atoms with van der Waals surface area (Å²) in [7, 11) is 0. The molecule has 0 spiro atoms. The van der Waals surface area contributed by atoms with Crippen LogP contribution in [0, 0.1) is 0 Å². The molecule has 0 fully saturated rings. The van der Waals surface area contributed by atoms with Crippen LogP contribution >= 0.6 is 0 Å². The van der Waals surface area contributed by atoms with Crippen LogP contribution in [-0.2, 0) is 5.41 Å². The summed E-state index contributed by atoms with van der Waals surface area (Å²) >= 11 is 0. The predicted molar refractivity (Wildman–Crippen MR) is 103 cm³/mol. The highest BCUT2D eigenvalue weighted by atomic mass is 14.8. The zero-order valence-corrected chi connectivity index (χ0v) is 14.8. The summed E-state index contributed by atoms with van der Waals surface area (Å²) in [6, 6.07) is 15.8. The number of dihydropyridines is 1. The number of benzene rings is 2. The van der Waals surface area contributed by atoms with Crippen molar-refractivity contribution >= 4 is 5.71 Å². The molecule has 0 aromatic heterocycles. The van der Waals surface area contributed by atoms with Crippen LogP contribution in [0.3, 0.4) is 0 Å². The largest absolute Gasteiger partial charge is 0.277 e. The molecule has 1 atom stereocenters. The molecule has 0 N–H and O–H groups in total. The van der Waals surface area contributed by atoms with Crippen LogP contribution in [0.15, 0.2) is 71.3 Å². The fourth-order valence-corrected chi connectivity index (χ4v) is 4.04. The molecule has 0 radical (unpaired) electrons. The summed E-state index contributed by atoms with van der Waals surface area (Å²) in [5.41, 5.74) is 9.25. The first-order chi connectivity index (χ1) is 11.5. The molecule has 1 unspecified atom stereocenters. The molecule has 0 amide bonds. The second-order valence-electron chi connectivity index (χ2n) is 7.24. The van der Waals surface area contributed by atoms with Crippen molar-refractivity contribution in [3.8, 4) is 11.1 Å². The molecule has 0 bridgehead atoms. The molecule has 2 aromatic carbocycles. The summed E-state index contributed by atoms with van der Waals surface area (Å²) in [5.74, 6) is 0. The third-order valence-corrected chi connectivity index (χ3v) is 5.47. The number of allylic oxidation sites excluding steroid dienone is 3. The molecule has 0 saturated heterocycles. The van der Waals surface area contributed by atoms with Crippen molar-refractivity contribution in [3.05, 3.63) is 83.0 Å². The van der Waals surface area contributed by atoms with Crippen LogP contribution in [0.1, 0.15) is 50.4 Å². The van der Waals surface area contributed by atoms with Gasteiger partial charge in [-0.1, -0.05) is 74.5 Å². The minimum absolute atomic E-state index is 0.0492. The lowest BCUT2D eigenvalue weighted by Crippen LogP contribution is -2.15. The Hall–Kier alpha value is -2.41. The topological polar surface area (TPSA) is 12.4 Å². The Morgan fingerprint density at radius 1 is 1.00 bits per heavy atom. The maximum absolute atomic E-state index is 4.89. The van der Waals surface area contributed by atoms with Crippen molar-refractivity contribution in [2.24, 2.45) is 4.99 Å². The molecule has 4 rings (SSSR count). The van der Waals surface area contributed by atoms with Gasteiger partial charge < -0.3 is 0 Å².